The smallest absolute Gasteiger partial charge is 0.149 e. The number of phenols is 1. The number of thiazole rings is 1. The van der Waals surface area contributed by atoms with Gasteiger partial charge in [-0.25, -0.2) is 4.98 Å². The molecule has 0 bridgehead atoms. The number of anilines is 1. The predicted octanol–water partition coefficient (Wildman–Crippen LogP) is 6.60. The van der Waals surface area contributed by atoms with Crippen LogP contribution in [0.1, 0.15) is 0 Å². The molecule has 0 aliphatic heterocycles. The predicted molar refractivity (Wildman–Crippen MR) is 100 cm³/mol. The summed E-state index contributed by atoms with van der Waals surface area (Å²) in [5.74, 6) is -0.0178. The molecule has 0 saturated heterocycles. The Hall–Kier alpha value is -1.11. The summed E-state index contributed by atoms with van der Waals surface area (Å²) in [5, 5.41) is 14.0. The van der Waals surface area contributed by atoms with E-state index in [9.17, 15) is 5.11 Å². The number of nitrogens with zero attached hydrogens (tertiary/aromatic N) is 1. The monoisotopic (exact) mass is 402 g/mol. The number of hydrogen-bond donors (Lipinski definition) is 2. The van der Waals surface area contributed by atoms with Crippen LogP contribution in [-0.4, -0.2) is 10.1 Å². The highest BCUT2D eigenvalue weighted by Gasteiger charge is 2.10. The molecule has 2 N–H and O–H groups in total. The Morgan fingerprint density at radius 2 is 1.83 bits per heavy atom. The largest absolute Gasteiger partial charge is 0.505 e. The zero-order valence-corrected chi connectivity index (χ0v) is 15.3. The molecule has 23 heavy (non-hydrogen) atoms. The van der Waals surface area contributed by atoms with Gasteiger partial charge >= 0.3 is 0 Å². The highest BCUT2D eigenvalue weighted by molar-refractivity contribution is 8.00. The van der Waals surface area contributed by atoms with E-state index < -0.39 is 0 Å². The maximum atomic E-state index is 9.97. The first kappa shape index (κ1) is 16.7. The van der Waals surface area contributed by atoms with E-state index in [-0.39, 0.29) is 10.8 Å². The summed E-state index contributed by atoms with van der Waals surface area (Å²) >= 11 is 20.8. The molecule has 0 aliphatic carbocycles. The van der Waals surface area contributed by atoms with Crippen molar-refractivity contribution in [1.29, 1.82) is 0 Å². The van der Waals surface area contributed by atoms with Crippen molar-refractivity contribution >= 4 is 63.8 Å². The number of hydrogen-bond acceptors (Lipinski definition) is 5. The van der Waals surface area contributed by atoms with Crippen LogP contribution in [0, 0.1) is 0 Å². The molecule has 0 fully saturated rings. The van der Waals surface area contributed by atoms with Crippen molar-refractivity contribution in [2.24, 2.45) is 0 Å². The molecule has 118 valence electrons. The summed E-state index contributed by atoms with van der Waals surface area (Å²) in [4.78, 5) is 4.80. The molecule has 0 atom stereocenters. The molecule has 0 amide bonds. The highest BCUT2D eigenvalue weighted by Crippen LogP contribution is 2.38. The fourth-order valence-corrected chi connectivity index (χ4v) is 4.09. The lowest BCUT2D eigenvalue weighted by Crippen LogP contribution is -1.89. The maximum absolute atomic E-state index is 9.97. The number of phenolic OH excluding ortho intramolecular Hbond substituents is 1. The van der Waals surface area contributed by atoms with Crippen LogP contribution < -0.4 is 4.72 Å². The third-order valence-electron chi connectivity index (χ3n) is 2.85. The van der Waals surface area contributed by atoms with Crippen LogP contribution in [0.15, 0.2) is 46.8 Å². The van der Waals surface area contributed by atoms with Gasteiger partial charge in [0.25, 0.3) is 0 Å². The first-order chi connectivity index (χ1) is 11.0. The van der Waals surface area contributed by atoms with E-state index in [2.05, 4.69) is 9.71 Å². The van der Waals surface area contributed by atoms with Gasteiger partial charge in [-0.2, -0.15) is 0 Å². The number of rotatable bonds is 4. The van der Waals surface area contributed by atoms with Gasteiger partial charge in [-0.05, 0) is 42.3 Å². The van der Waals surface area contributed by atoms with Crippen LogP contribution >= 0.6 is 58.1 Å². The minimum Gasteiger partial charge on any atom is -0.505 e. The molecule has 2 aromatic carbocycles. The van der Waals surface area contributed by atoms with E-state index in [1.165, 1.54) is 29.4 Å². The van der Waals surface area contributed by atoms with Crippen LogP contribution in [0.4, 0.5) is 5.69 Å². The summed E-state index contributed by atoms with van der Waals surface area (Å²) in [7, 11) is 0. The highest BCUT2D eigenvalue weighted by atomic mass is 35.5. The van der Waals surface area contributed by atoms with Gasteiger partial charge in [0.2, 0.25) is 0 Å². The summed E-state index contributed by atoms with van der Waals surface area (Å²) in [6.07, 6.45) is 1.74. The Labute approximate surface area is 156 Å². The molecule has 0 saturated carbocycles. The Morgan fingerprint density at radius 3 is 2.57 bits per heavy atom. The molecule has 0 aliphatic rings. The van der Waals surface area contributed by atoms with Crippen LogP contribution in [0.3, 0.4) is 0 Å². The van der Waals surface area contributed by atoms with E-state index in [0.717, 1.165) is 16.3 Å². The minimum absolute atomic E-state index is 0.0178. The van der Waals surface area contributed by atoms with E-state index in [1.807, 2.05) is 17.5 Å². The second-order valence-corrected chi connectivity index (χ2v) is 7.53. The fraction of sp³-hybridized carbons (Fsp3) is 0. The van der Waals surface area contributed by atoms with E-state index in [0.29, 0.717) is 14.9 Å². The lowest BCUT2D eigenvalue weighted by Gasteiger charge is -2.10. The van der Waals surface area contributed by atoms with E-state index in [1.54, 1.807) is 18.3 Å². The third-order valence-corrected chi connectivity index (χ3v) is 5.26. The standard InChI is InChI=1S/C15H9Cl3N2OS2/c16-9-3-8(15-19-1-2-22-15)4-11(5-9)20-23-13-7-10(17)6-12(18)14(13)21/h1-7,20-21H. The molecule has 0 unspecified atom stereocenters. The Morgan fingerprint density at radius 1 is 1.04 bits per heavy atom. The molecule has 0 radical (unpaired) electrons. The van der Waals surface area contributed by atoms with Gasteiger partial charge in [0.05, 0.1) is 9.92 Å². The average molecular weight is 404 g/mol. The minimum atomic E-state index is -0.0178. The van der Waals surface area contributed by atoms with E-state index >= 15 is 0 Å². The SMILES string of the molecule is Oc1c(Cl)cc(Cl)cc1SNc1cc(Cl)cc(-c2nccs2)c1. The van der Waals surface area contributed by atoms with Crippen LogP contribution in [-0.2, 0) is 0 Å². The van der Waals surface area contributed by atoms with Crippen LogP contribution in [0.25, 0.3) is 10.6 Å². The molecule has 8 heteroatoms. The lowest BCUT2D eigenvalue weighted by atomic mass is 10.2. The van der Waals surface area contributed by atoms with Crippen molar-refractivity contribution in [3.8, 4) is 16.3 Å². The normalized spacial score (nSPS) is 10.7. The quantitative estimate of drug-likeness (QED) is 0.482. The maximum Gasteiger partial charge on any atom is 0.149 e. The molecule has 1 heterocycles. The number of aromatic hydroxyl groups is 1. The van der Waals surface area contributed by atoms with Gasteiger partial charge in [-0.15, -0.1) is 11.3 Å². The van der Waals surface area contributed by atoms with Crippen molar-refractivity contribution in [1.82, 2.24) is 4.98 Å². The van der Waals surface area contributed by atoms with E-state index in [4.69, 9.17) is 34.8 Å². The van der Waals surface area contributed by atoms with Gasteiger partial charge in [-0.3, -0.25) is 0 Å². The third kappa shape index (κ3) is 4.05. The Balaban J connectivity index is 1.84. The molecule has 1 aromatic heterocycles. The van der Waals surface area contributed by atoms with Gasteiger partial charge in [0.1, 0.15) is 10.8 Å². The fourth-order valence-electron chi connectivity index (χ4n) is 1.87. The number of halogens is 3. The first-order valence-corrected chi connectivity index (χ1v) is 9.17. The summed E-state index contributed by atoms with van der Waals surface area (Å²) in [5.41, 5.74) is 1.70. The Bertz CT molecular complexity index is 841. The van der Waals surface area contributed by atoms with Crippen LogP contribution in [0.5, 0.6) is 5.75 Å². The van der Waals surface area contributed by atoms with Gasteiger partial charge in [0.15, 0.2) is 0 Å². The zero-order chi connectivity index (χ0) is 16.4. The molecule has 3 aromatic rings. The zero-order valence-electron chi connectivity index (χ0n) is 11.4. The van der Waals surface area contributed by atoms with Crippen molar-refractivity contribution in [3.63, 3.8) is 0 Å². The van der Waals surface area contributed by atoms with Gasteiger partial charge < -0.3 is 9.83 Å². The average Bonchev–Trinajstić information content (AvgIpc) is 3.03. The summed E-state index contributed by atoms with van der Waals surface area (Å²) in [6, 6.07) is 8.69. The molecular formula is C15H9Cl3N2OS2. The second kappa shape index (κ2) is 7.20. The number of benzene rings is 2. The van der Waals surface area contributed by atoms with Crippen molar-refractivity contribution < 1.29 is 5.11 Å². The van der Waals surface area contributed by atoms with Crippen LogP contribution in [0.2, 0.25) is 15.1 Å². The van der Waals surface area contributed by atoms with Crippen molar-refractivity contribution in [2.75, 3.05) is 4.72 Å². The van der Waals surface area contributed by atoms with Crippen molar-refractivity contribution in [3.05, 3.63) is 57.0 Å². The molecule has 3 rings (SSSR count). The van der Waals surface area contributed by atoms with Gasteiger partial charge in [0, 0.05) is 32.9 Å². The topological polar surface area (TPSA) is 45.1 Å². The van der Waals surface area contributed by atoms with Gasteiger partial charge in [-0.1, -0.05) is 34.8 Å². The molecule has 0 spiro atoms. The lowest BCUT2D eigenvalue weighted by molar-refractivity contribution is 0.463. The molecular weight excluding hydrogens is 395 g/mol. The van der Waals surface area contributed by atoms with Crippen molar-refractivity contribution in [2.45, 2.75) is 4.90 Å². The number of aromatic nitrogens is 1. The second-order valence-electron chi connectivity index (χ2n) is 4.50. The first-order valence-electron chi connectivity index (χ1n) is 6.34. The molecule has 3 nitrogen and oxygen atoms in total. The summed E-state index contributed by atoms with van der Waals surface area (Å²) in [6.45, 7) is 0. The summed E-state index contributed by atoms with van der Waals surface area (Å²) < 4.78 is 3.13. The number of nitrogens with one attached hydrogen (secondary N) is 1. The Kier molecular flexibility index (Phi) is 5.24.